The second-order valence-electron chi connectivity index (χ2n) is 5.29. The minimum atomic E-state index is 0. The zero-order chi connectivity index (χ0) is 15.8. The van der Waals surface area contributed by atoms with E-state index in [1.807, 2.05) is 4.90 Å². The number of halogens is 1. The SMILES string of the molecule is CCC(C)Oc1cc(C)ccc1CN=C(N)N(CC)CC.I. The summed E-state index contributed by atoms with van der Waals surface area (Å²) in [6, 6.07) is 6.23. The molecular formula is C17H30IN3O. The molecule has 22 heavy (non-hydrogen) atoms. The number of hydrogen-bond acceptors (Lipinski definition) is 2. The molecule has 126 valence electrons. The Hall–Kier alpha value is -0.980. The predicted molar refractivity (Wildman–Crippen MR) is 105 cm³/mol. The van der Waals surface area contributed by atoms with Gasteiger partial charge in [-0.1, -0.05) is 19.1 Å². The normalized spacial score (nSPS) is 12.5. The van der Waals surface area contributed by atoms with Crippen LogP contribution < -0.4 is 10.5 Å². The van der Waals surface area contributed by atoms with Crippen molar-refractivity contribution in [2.24, 2.45) is 10.7 Å². The average molecular weight is 419 g/mol. The number of aryl methyl sites for hydroxylation is 1. The van der Waals surface area contributed by atoms with E-state index in [1.165, 1.54) is 5.56 Å². The van der Waals surface area contributed by atoms with E-state index < -0.39 is 0 Å². The van der Waals surface area contributed by atoms with Crippen LogP contribution in [0.25, 0.3) is 0 Å². The highest BCUT2D eigenvalue weighted by atomic mass is 127. The van der Waals surface area contributed by atoms with E-state index in [0.29, 0.717) is 12.5 Å². The van der Waals surface area contributed by atoms with Crippen molar-refractivity contribution in [2.45, 2.75) is 53.7 Å². The summed E-state index contributed by atoms with van der Waals surface area (Å²) in [6.07, 6.45) is 1.19. The van der Waals surface area contributed by atoms with Crippen molar-refractivity contribution >= 4 is 29.9 Å². The molecule has 1 rings (SSSR count). The molecule has 0 fully saturated rings. The van der Waals surface area contributed by atoms with Crippen molar-refractivity contribution in [2.75, 3.05) is 13.1 Å². The predicted octanol–water partition coefficient (Wildman–Crippen LogP) is 3.95. The molecule has 0 aromatic heterocycles. The molecule has 1 atom stereocenters. The van der Waals surface area contributed by atoms with E-state index in [-0.39, 0.29) is 30.1 Å². The van der Waals surface area contributed by atoms with Crippen LogP contribution in [-0.2, 0) is 6.54 Å². The molecule has 0 aliphatic heterocycles. The quantitative estimate of drug-likeness (QED) is 0.414. The minimum Gasteiger partial charge on any atom is -0.490 e. The first-order chi connectivity index (χ1) is 10.0. The standard InChI is InChI=1S/C17H29N3O.HI/c1-6-14(5)21-16-11-13(4)9-10-15(16)12-19-17(18)20(7-2)8-3;/h9-11,14H,6-8,12H2,1-5H3,(H2,18,19);1H. The van der Waals surface area contributed by atoms with Gasteiger partial charge in [-0.05, 0) is 45.7 Å². The maximum Gasteiger partial charge on any atom is 0.191 e. The van der Waals surface area contributed by atoms with E-state index >= 15 is 0 Å². The van der Waals surface area contributed by atoms with Crippen molar-refractivity contribution < 1.29 is 4.74 Å². The molecule has 4 nitrogen and oxygen atoms in total. The molecule has 0 saturated heterocycles. The Balaban J connectivity index is 0.00000441. The topological polar surface area (TPSA) is 50.9 Å². The van der Waals surface area contributed by atoms with Crippen molar-refractivity contribution in [3.8, 4) is 5.75 Å². The average Bonchev–Trinajstić information content (AvgIpc) is 2.47. The first-order valence-corrected chi connectivity index (χ1v) is 7.82. The van der Waals surface area contributed by atoms with Crippen molar-refractivity contribution in [1.82, 2.24) is 4.90 Å². The van der Waals surface area contributed by atoms with E-state index in [1.54, 1.807) is 0 Å². The van der Waals surface area contributed by atoms with Gasteiger partial charge in [0.25, 0.3) is 0 Å². The summed E-state index contributed by atoms with van der Waals surface area (Å²) in [5, 5.41) is 0. The van der Waals surface area contributed by atoms with Gasteiger partial charge >= 0.3 is 0 Å². The molecule has 0 heterocycles. The smallest absolute Gasteiger partial charge is 0.191 e. The third-order valence-corrected chi connectivity index (χ3v) is 3.62. The van der Waals surface area contributed by atoms with E-state index in [9.17, 15) is 0 Å². The van der Waals surface area contributed by atoms with E-state index in [0.717, 1.165) is 30.8 Å². The van der Waals surface area contributed by atoms with Gasteiger partial charge in [0.2, 0.25) is 0 Å². The van der Waals surface area contributed by atoms with Crippen LogP contribution >= 0.6 is 24.0 Å². The highest BCUT2D eigenvalue weighted by Gasteiger charge is 2.08. The monoisotopic (exact) mass is 419 g/mol. The fourth-order valence-corrected chi connectivity index (χ4v) is 2.02. The lowest BCUT2D eigenvalue weighted by Crippen LogP contribution is -2.37. The fraction of sp³-hybridized carbons (Fsp3) is 0.588. The van der Waals surface area contributed by atoms with Crippen LogP contribution in [0.4, 0.5) is 0 Å². The molecule has 0 aliphatic carbocycles. The summed E-state index contributed by atoms with van der Waals surface area (Å²) in [5.41, 5.74) is 8.30. The Morgan fingerprint density at radius 3 is 2.45 bits per heavy atom. The van der Waals surface area contributed by atoms with Crippen LogP contribution in [0, 0.1) is 6.92 Å². The summed E-state index contributed by atoms with van der Waals surface area (Å²) < 4.78 is 6.00. The molecule has 0 saturated carbocycles. The lowest BCUT2D eigenvalue weighted by molar-refractivity contribution is 0.215. The second kappa shape index (κ2) is 10.7. The van der Waals surface area contributed by atoms with Crippen LogP contribution in [0.3, 0.4) is 0 Å². The second-order valence-corrected chi connectivity index (χ2v) is 5.29. The lowest BCUT2D eigenvalue weighted by Gasteiger charge is -2.20. The highest BCUT2D eigenvalue weighted by Crippen LogP contribution is 2.23. The molecule has 0 amide bonds. The van der Waals surface area contributed by atoms with Crippen LogP contribution in [-0.4, -0.2) is 30.1 Å². The zero-order valence-electron chi connectivity index (χ0n) is 14.4. The van der Waals surface area contributed by atoms with Gasteiger partial charge in [0.05, 0.1) is 12.6 Å². The van der Waals surface area contributed by atoms with E-state index in [2.05, 4.69) is 57.8 Å². The molecule has 0 radical (unpaired) electrons. The Labute approximate surface area is 152 Å². The van der Waals surface area contributed by atoms with Crippen LogP contribution in [0.2, 0.25) is 0 Å². The third-order valence-electron chi connectivity index (χ3n) is 3.62. The van der Waals surface area contributed by atoms with Gasteiger partial charge in [-0.15, -0.1) is 24.0 Å². The van der Waals surface area contributed by atoms with Crippen LogP contribution in [0.1, 0.15) is 45.2 Å². The Bertz CT molecular complexity index is 473. The zero-order valence-corrected chi connectivity index (χ0v) is 16.8. The first-order valence-electron chi connectivity index (χ1n) is 7.82. The molecule has 0 bridgehead atoms. The highest BCUT2D eigenvalue weighted by molar-refractivity contribution is 14.0. The Morgan fingerprint density at radius 2 is 1.91 bits per heavy atom. The number of hydrogen-bond donors (Lipinski definition) is 1. The molecule has 2 N–H and O–H groups in total. The number of nitrogens with two attached hydrogens (primary N) is 1. The van der Waals surface area contributed by atoms with Crippen LogP contribution in [0.5, 0.6) is 5.75 Å². The van der Waals surface area contributed by atoms with Gasteiger partial charge in [-0.3, -0.25) is 0 Å². The van der Waals surface area contributed by atoms with Gasteiger partial charge in [0.1, 0.15) is 5.75 Å². The summed E-state index contributed by atoms with van der Waals surface area (Å²) >= 11 is 0. The molecule has 5 heteroatoms. The Morgan fingerprint density at radius 1 is 1.27 bits per heavy atom. The van der Waals surface area contributed by atoms with Crippen molar-refractivity contribution in [1.29, 1.82) is 0 Å². The summed E-state index contributed by atoms with van der Waals surface area (Å²) in [5.74, 6) is 1.51. The number of aliphatic imine (C=N–C) groups is 1. The van der Waals surface area contributed by atoms with Crippen LogP contribution in [0.15, 0.2) is 23.2 Å². The number of nitrogens with zero attached hydrogens (tertiary/aromatic N) is 2. The summed E-state index contributed by atoms with van der Waals surface area (Å²) in [4.78, 5) is 6.55. The maximum absolute atomic E-state index is 6.03. The Kier molecular flexibility index (Phi) is 10.2. The summed E-state index contributed by atoms with van der Waals surface area (Å²) in [6.45, 7) is 12.7. The fourth-order valence-electron chi connectivity index (χ4n) is 2.02. The number of guanidine groups is 1. The van der Waals surface area contributed by atoms with Gasteiger partial charge < -0.3 is 15.4 Å². The van der Waals surface area contributed by atoms with E-state index in [4.69, 9.17) is 10.5 Å². The van der Waals surface area contributed by atoms with Crippen molar-refractivity contribution in [3.05, 3.63) is 29.3 Å². The van der Waals surface area contributed by atoms with Gasteiger partial charge in [-0.2, -0.15) is 0 Å². The number of rotatable bonds is 7. The molecule has 1 aromatic rings. The third kappa shape index (κ3) is 6.42. The first kappa shape index (κ1) is 21.0. The largest absolute Gasteiger partial charge is 0.490 e. The molecular weight excluding hydrogens is 389 g/mol. The molecule has 1 aromatic carbocycles. The lowest BCUT2D eigenvalue weighted by atomic mass is 10.1. The molecule has 0 spiro atoms. The van der Waals surface area contributed by atoms with Gasteiger partial charge in [0.15, 0.2) is 5.96 Å². The van der Waals surface area contributed by atoms with Gasteiger partial charge in [0, 0.05) is 18.7 Å². The number of ether oxygens (including phenoxy) is 1. The van der Waals surface area contributed by atoms with Gasteiger partial charge in [-0.25, -0.2) is 4.99 Å². The minimum absolute atomic E-state index is 0. The number of benzene rings is 1. The molecule has 0 aliphatic rings. The maximum atomic E-state index is 6.03. The summed E-state index contributed by atoms with van der Waals surface area (Å²) in [7, 11) is 0. The van der Waals surface area contributed by atoms with Crippen molar-refractivity contribution in [3.63, 3.8) is 0 Å². The molecule has 1 unspecified atom stereocenters.